The number of nitrogens with zero attached hydrogens (tertiary/aromatic N) is 2. The fourth-order valence-corrected chi connectivity index (χ4v) is 0.784. The average molecular weight is 139 g/mol. The van der Waals surface area contributed by atoms with Crippen LogP contribution in [-0.4, -0.2) is 23.8 Å². The summed E-state index contributed by atoms with van der Waals surface area (Å²) in [5.41, 5.74) is 5.43. The molecule has 1 aliphatic rings. The summed E-state index contributed by atoms with van der Waals surface area (Å²) in [4.78, 5) is 6.09. The second-order valence-electron chi connectivity index (χ2n) is 2.66. The summed E-state index contributed by atoms with van der Waals surface area (Å²) in [5, 5.41) is 0. The quantitative estimate of drug-likeness (QED) is 0.576. The summed E-state index contributed by atoms with van der Waals surface area (Å²) in [6, 6.07) is 0.508. The van der Waals surface area contributed by atoms with E-state index in [1.54, 1.807) is 6.34 Å². The normalized spacial score (nSPS) is 17.9. The number of nitrogens with two attached hydrogens (primary N) is 1. The van der Waals surface area contributed by atoms with Crippen molar-refractivity contribution in [1.82, 2.24) is 4.90 Å². The molecule has 0 aliphatic carbocycles. The van der Waals surface area contributed by atoms with Gasteiger partial charge in [0.1, 0.15) is 5.82 Å². The van der Waals surface area contributed by atoms with Crippen LogP contribution < -0.4 is 5.73 Å². The molecule has 2 N–H and O–H groups in total. The van der Waals surface area contributed by atoms with Crippen molar-refractivity contribution < 1.29 is 0 Å². The molecule has 1 rings (SSSR count). The minimum absolute atomic E-state index is 0.508. The largest absolute Gasteiger partial charge is 0.384 e. The Hall–Kier alpha value is -0.990. The first kappa shape index (κ1) is 7.12. The van der Waals surface area contributed by atoms with Crippen LogP contribution in [0, 0.1) is 0 Å². The van der Waals surface area contributed by atoms with Crippen molar-refractivity contribution in [2.75, 3.05) is 6.54 Å². The van der Waals surface area contributed by atoms with Gasteiger partial charge in [0.15, 0.2) is 0 Å². The molecular formula is C7H13N3. The van der Waals surface area contributed by atoms with E-state index in [2.05, 4.69) is 23.7 Å². The van der Waals surface area contributed by atoms with E-state index in [9.17, 15) is 0 Å². The maximum Gasteiger partial charge on any atom is 0.122 e. The van der Waals surface area contributed by atoms with E-state index in [1.165, 1.54) is 0 Å². The SMILES string of the molecule is CC(C)N1C=NC(N)=CC1. The number of hydrogen-bond donors (Lipinski definition) is 1. The lowest BCUT2D eigenvalue weighted by molar-refractivity contribution is 0.388. The van der Waals surface area contributed by atoms with Crippen molar-refractivity contribution in [3.63, 3.8) is 0 Å². The minimum Gasteiger partial charge on any atom is -0.384 e. The van der Waals surface area contributed by atoms with Crippen molar-refractivity contribution in [1.29, 1.82) is 0 Å². The minimum atomic E-state index is 0.508. The van der Waals surface area contributed by atoms with Gasteiger partial charge in [0.25, 0.3) is 0 Å². The summed E-state index contributed by atoms with van der Waals surface area (Å²) in [6.07, 6.45) is 3.71. The van der Waals surface area contributed by atoms with Crippen molar-refractivity contribution in [2.45, 2.75) is 19.9 Å². The fourth-order valence-electron chi connectivity index (χ4n) is 0.784. The predicted octanol–water partition coefficient (Wildman–Crippen LogP) is 0.539. The van der Waals surface area contributed by atoms with Gasteiger partial charge in [-0.25, -0.2) is 4.99 Å². The molecule has 0 aromatic carbocycles. The van der Waals surface area contributed by atoms with Crippen LogP contribution in [0.2, 0.25) is 0 Å². The standard InChI is InChI=1S/C7H13N3/c1-6(2)10-4-3-7(8)9-5-10/h3,5-6H,4,8H2,1-2H3. The first-order valence-corrected chi connectivity index (χ1v) is 3.45. The second kappa shape index (κ2) is 2.73. The van der Waals surface area contributed by atoms with E-state index in [0.29, 0.717) is 11.9 Å². The van der Waals surface area contributed by atoms with Gasteiger partial charge in [0.2, 0.25) is 0 Å². The molecule has 0 aromatic heterocycles. The Morgan fingerprint density at radius 3 is 2.80 bits per heavy atom. The lowest BCUT2D eigenvalue weighted by Gasteiger charge is -2.24. The van der Waals surface area contributed by atoms with Crippen molar-refractivity contribution in [3.05, 3.63) is 11.9 Å². The van der Waals surface area contributed by atoms with Crippen LogP contribution in [0.3, 0.4) is 0 Å². The van der Waals surface area contributed by atoms with Crippen LogP contribution in [0.1, 0.15) is 13.8 Å². The third-order valence-corrected chi connectivity index (χ3v) is 1.53. The summed E-state index contributed by atoms with van der Waals surface area (Å²) < 4.78 is 0. The van der Waals surface area contributed by atoms with Gasteiger partial charge in [0.05, 0.1) is 6.34 Å². The molecule has 0 radical (unpaired) electrons. The van der Waals surface area contributed by atoms with Crippen LogP contribution in [0.4, 0.5) is 0 Å². The molecule has 0 saturated carbocycles. The zero-order chi connectivity index (χ0) is 7.56. The zero-order valence-electron chi connectivity index (χ0n) is 6.41. The second-order valence-corrected chi connectivity index (χ2v) is 2.66. The molecule has 1 heterocycles. The van der Waals surface area contributed by atoms with Crippen molar-refractivity contribution in [2.24, 2.45) is 10.7 Å². The third-order valence-electron chi connectivity index (χ3n) is 1.53. The molecule has 0 aromatic rings. The van der Waals surface area contributed by atoms with Gasteiger partial charge in [-0.15, -0.1) is 0 Å². The third kappa shape index (κ3) is 1.50. The summed E-state index contributed by atoms with van der Waals surface area (Å²) >= 11 is 0. The highest BCUT2D eigenvalue weighted by Gasteiger charge is 2.05. The lowest BCUT2D eigenvalue weighted by atomic mass is 10.3. The van der Waals surface area contributed by atoms with Gasteiger partial charge in [-0.3, -0.25) is 0 Å². The molecule has 0 spiro atoms. The first-order chi connectivity index (χ1) is 4.70. The number of rotatable bonds is 1. The molecule has 0 atom stereocenters. The highest BCUT2D eigenvalue weighted by Crippen LogP contribution is 2.01. The van der Waals surface area contributed by atoms with E-state index in [1.807, 2.05) is 6.08 Å². The summed E-state index contributed by atoms with van der Waals surface area (Å²) in [6.45, 7) is 5.13. The monoisotopic (exact) mass is 139 g/mol. The van der Waals surface area contributed by atoms with E-state index in [0.717, 1.165) is 6.54 Å². The van der Waals surface area contributed by atoms with Gasteiger partial charge >= 0.3 is 0 Å². The Bertz CT molecular complexity index is 170. The smallest absolute Gasteiger partial charge is 0.122 e. The number of aliphatic imine (C=N–C) groups is 1. The molecule has 56 valence electrons. The molecule has 0 saturated heterocycles. The van der Waals surface area contributed by atoms with Crippen molar-refractivity contribution >= 4 is 6.34 Å². The van der Waals surface area contributed by atoms with Gasteiger partial charge in [-0.1, -0.05) is 0 Å². The van der Waals surface area contributed by atoms with Gasteiger partial charge < -0.3 is 10.6 Å². The van der Waals surface area contributed by atoms with Crippen LogP contribution >= 0.6 is 0 Å². The highest BCUT2D eigenvalue weighted by molar-refractivity contribution is 5.58. The highest BCUT2D eigenvalue weighted by atomic mass is 15.2. The molecule has 10 heavy (non-hydrogen) atoms. The summed E-state index contributed by atoms with van der Waals surface area (Å²) in [7, 11) is 0. The van der Waals surface area contributed by atoms with E-state index in [4.69, 9.17) is 5.73 Å². The Kier molecular flexibility index (Phi) is 1.94. The fraction of sp³-hybridized carbons (Fsp3) is 0.571. The molecule has 1 aliphatic heterocycles. The molecule has 0 amide bonds. The van der Waals surface area contributed by atoms with Crippen LogP contribution in [0.15, 0.2) is 16.9 Å². The predicted molar refractivity (Wildman–Crippen MR) is 42.6 cm³/mol. The Morgan fingerprint density at radius 2 is 2.40 bits per heavy atom. The van der Waals surface area contributed by atoms with Crippen LogP contribution in [0.25, 0.3) is 0 Å². The first-order valence-electron chi connectivity index (χ1n) is 3.45. The van der Waals surface area contributed by atoms with E-state index >= 15 is 0 Å². The summed E-state index contributed by atoms with van der Waals surface area (Å²) in [5.74, 6) is 0.622. The number of hydrogen-bond acceptors (Lipinski definition) is 3. The van der Waals surface area contributed by atoms with E-state index < -0.39 is 0 Å². The Balaban J connectivity index is 2.52. The van der Waals surface area contributed by atoms with E-state index in [-0.39, 0.29) is 0 Å². The topological polar surface area (TPSA) is 41.6 Å². The lowest BCUT2D eigenvalue weighted by Crippen LogP contribution is -2.32. The van der Waals surface area contributed by atoms with Gasteiger partial charge in [-0.05, 0) is 19.9 Å². The maximum absolute atomic E-state index is 5.43. The molecule has 3 heteroatoms. The molecule has 3 nitrogen and oxygen atoms in total. The molecule has 0 fully saturated rings. The molecule has 0 bridgehead atoms. The molecule has 0 unspecified atom stereocenters. The zero-order valence-corrected chi connectivity index (χ0v) is 6.41. The van der Waals surface area contributed by atoms with Crippen LogP contribution in [-0.2, 0) is 0 Å². The molecular weight excluding hydrogens is 126 g/mol. The van der Waals surface area contributed by atoms with Crippen molar-refractivity contribution in [3.8, 4) is 0 Å². The van der Waals surface area contributed by atoms with Gasteiger partial charge in [0, 0.05) is 12.6 Å². The maximum atomic E-state index is 5.43. The van der Waals surface area contributed by atoms with Crippen LogP contribution in [0.5, 0.6) is 0 Å². The Labute approximate surface area is 61.2 Å². The van der Waals surface area contributed by atoms with Gasteiger partial charge in [-0.2, -0.15) is 0 Å². The Morgan fingerprint density at radius 1 is 1.70 bits per heavy atom. The average Bonchev–Trinajstić information content (AvgIpc) is 1.88.